The number of carbonyl (C=O) groups is 1. The number of nitrogens with one attached hydrogen (secondary N) is 1. The third kappa shape index (κ3) is 4.28. The molecule has 1 fully saturated rings. The minimum absolute atomic E-state index is 0.223. The van der Waals surface area contributed by atoms with Gasteiger partial charge in [-0.25, -0.2) is 38.1 Å². The number of nitrogens with zero attached hydrogens (tertiary/aromatic N) is 6. The summed E-state index contributed by atoms with van der Waals surface area (Å²) >= 11 is 0. The van der Waals surface area contributed by atoms with Gasteiger partial charge in [-0.15, -0.1) is 0 Å². The fraction of sp³-hybridized carbons (Fsp3) is 0.364. The monoisotopic (exact) mass is 465 g/mol. The van der Waals surface area contributed by atoms with Gasteiger partial charge in [0.2, 0.25) is 10.0 Å². The lowest BCUT2D eigenvalue weighted by Crippen LogP contribution is -2.29. The van der Waals surface area contributed by atoms with Crippen molar-refractivity contribution in [2.45, 2.75) is 45.1 Å². The van der Waals surface area contributed by atoms with Gasteiger partial charge in [-0.1, -0.05) is 19.3 Å². The molecule has 0 radical (unpaired) electrons. The molecule has 0 atom stereocenters. The van der Waals surface area contributed by atoms with E-state index in [1.165, 1.54) is 6.42 Å². The van der Waals surface area contributed by atoms with Crippen molar-refractivity contribution < 1.29 is 13.2 Å². The Morgan fingerprint density at radius 2 is 1.82 bits per heavy atom. The van der Waals surface area contributed by atoms with E-state index in [1.54, 1.807) is 31.5 Å². The van der Waals surface area contributed by atoms with E-state index in [1.807, 2.05) is 10.8 Å². The van der Waals surface area contributed by atoms with Gasteiger partial charge in [0.05, 0.1) is 29.7 Å². The SMILES string of the molecule is Cc1ncc2nc(-c3nc4cc(C(=O)NS(C)(=O)=O)ccc4n3C3CCCCC3)cnc2n1. The maximum Gasteiger partial charge on any atom is 0.264 e. The zero-order valence-electron chi connectivity index (χ0n) is 18.3. The molecule has 1 saturated carbocycles. The molecule has 3 aromatic heterocycles. The molecule has 10 nitrogen and oxygen atoms in total. The van der Waals surface area contributed by atoms with Crippen LogP contribution in [0.15, 0.2) is 30.6 Å². The number of amides is 1. The topological polar surface area (TPSA) is 133 Å². The lowest BCUT2D eigenvalue weighted by Gasteiger charge is -2.25. The molecule has 1 aromatic carbocycles. The molecule has 1 N–H and O–H groups in total. The van der Waals surface area contributed by atoms with Crippen molar-refractivity contribution in [3.8, 4) is 11.5 Å². The normalized spacial score (nSPS) is 15.2. The van der Waals surface area contributed by atoms with Crippen molar-refractivity contribution >= 4 is 38.1 Å². The fourth-order valence-electron chi connectivity index (χ4n) is 4.37. The average molecular weight is 466 g/mol. The van der Waals surface area contributed by atoms with Crippen LogP contribution in [-0.4, -0.2) is 50.1 Å². The molecular weight excluding hydrogens is 442 g/mol. The van der Waals surface area contributed by atoms with Crippen LogP contribution in [0, 0.1) is 6.92 Å². The van der Waals surface area contributed by atoms with Crippen molar-refractivity contribution in [3.63, 3.8) is 0 Å². The van der Waals surface area contributed by atoms with Crippen LogP contribution in [0.3, 0.4) is 0 Å². The Kier molecular flexibility index (Phi) is 5.28. The molecule has 0 saturated heterocycles. The number of benzene rings is 1. The fourth-order valence-corrected chi connectivity index (χ4v) is 4.83. The van der Waals surface area contributed by atoms with Gasteiger partial charge in [-0.3, -0.25) is 4.79 Å². The van der Waals surface area contributed by atoms with E-state index < -0.39 is 15.9 Å². The highest BCUT2D eigenvalue weighted by atomic mass is 32.2. The molecule has 3 heterocycles. The van der Waals surface area contributed by atoms with Crippen LogP contribution in [0.25, 0.3) is 33.7 Å². The Morgan fingerprint density at radius 3 is 2.58 bits per heavy atom. The Labute approximate surface area is 190 Å². The van der Waals surface area contributed by atoms with E-state index in [2.05, 4.69) is 19.5 Å². The molecule has 1 aliphatic carbocycles. The molecule has 0 bridgehead atoms. The van der Waals surface area contributed by atoms with Gasteiger partial charge >= 0.3 is 0 Å². The van der Waals surface area contributed by atoms with Crippen LogP contribution in [0.1, 0.15) is 54.3 Å². The number of carbonyl (C=O) groups excluding carboxylic acids is 1. The largest absolute Gasteiger partial charge is 0.319 e. The number of rotatable bonds is 4. The Balaban J connectivity index is 1.66. The summed E-state index contributed by atoms with van der Waals surface area (Å²) in [6.45, 7) is 1.80. The van der Waals surface area contributed by atoms with E-state index in [0.717, 1.165) is 37.5 Å². The molecule has 0 spiro atoms. The van der Waals surface area contributed by atoms with Gasteiger partial charge in [0.25, 0.3) is 5.91 Å². The molecular formula is C22H23N7O3S. The third-order valence-electron chi connectivity index (χ3n) is 5.82. The number of hydrogen-bond donors (Lipinski definition) is 1. The van der Waals surface area contributed by atoms with Gasteiger partial charge in [0, 0.05) is 11.6 Å². The smallest absolute Gasteiger partial charge is 0.264 e. The molecule has 4 aromatic rings. The first kappa shape index (κ1) is 21.4. The lowest BCUT2D eigenvalue weighted by molar-refractivity contribution is 0.0982. The first-order valence-corrected chi connectivity index (χ1v) is 12.7. The van der Waals surface area contributed by atoms with Gasteiger partial charge in [-0.2, -0.15) is 0 Å². The van der Waals surface area contributed by atoms with E-state index in [-0.39, 0.29) is 11.6 Å². The summed E-state index contributed by atoms with van der Waals surface area (Å²) in [6.07, 6.45) is 9.78. The number of hydrogen-bond acceptors (Lipinski definition) is 8. The number of aromatic nitrogens is 6. The van der Waals surface area contributed by atoms with Crippen molar-refractivity contribution in [1.82, 2.24) is 34.2 Å². The van der Waals surface area contributed by atoms with Crippen molar-refractivity contribution in [1.29, 1.82) is 0 Å². The van der Waals surface area contributed by atoms with E-state index in [9.17, 15) is 13.2 Å². The van der Waals surface area contributed by atoms with Crippen LogP contribution in [0.5, 0.6) is 0 Å². The quantitative estimate of drug-likeness (QED) is 0.486. The molecule has 5 rings (SSSR count). The van der Waals surface area contributed by atoms with Crippen LogP contribution in [0.4, 0.5) is 0 Å². The maximum absolute atomic E-state index is 12.4. The summed E-state index contributed by atoms with van der Waals surface area (Å²) in [5.41, 5.74) is 3.38. The molecule has 11 heteroatoms. The Hall–Kier alpha value is -3.47. The number of imidazole rings is 1. The van der Waals surface area contributed by atoms with Gasteiger partial charge in [0.1, 0.15) is 17.0 Å². The molecule has 0 unspecified atom stereocenters. The second kappa shape index (κ2) is 8.14. The van der Waals surface area contributed by atoms with Crippen LogP contribution in [-0.2, 0) is 10.0 Å². The number of sulfonamides is 1. The lowest BCUT2D eigenvalue weighted by atomic mass is 9.95. The van der Waals surface area contributed by atoms with Crippen molar-refractivity contribution in [2.75, 3.05) is 6.26 Å². The van der Waals surface area contributed by atoms with Crippen LogP contribution in [0.2, 0.25) is 0 Å². The van der Waals surface area contributed by atoms with E-state index >= 15 is 0 Å². The van der Waals surface area contributed by atoms with E-state index in [4.69, 9.17) is 9.97 Å². The van der Waals surface area contributed by atoms with Crippen LogP contribution < -0.4 is 4.72 Å². The second-order valence-electron chi connectivity index (χ2n) is 8.39. The summed E-state index contributed by atoms with van der Waals surface area (Å²) in [5, 5.41) is 0. The van der Waals surface area contributed by atoms with Gasteiger partial charge in [0.15, 0.2) is 11.5 Å². The minimum Gasteiger partial charge on any atom is -0.319 e. The molecule has 33 heavy (non-hydrogen) atoms. The molecule has 170 valence electrons. The number of fused-ring (bicyclic) bond motifs is 2. The van der Waals surface area contributed by atoms with Gasteiger partial charge < -0.3 is 4.57 Å². The number of aryl methyl sites for hydroxylation is 1. The Bertz CT molecular complexity index is 1490. The zero-order valence-corrected chi connectivity index (χ0v) is 19.1. The maximum atomic E-state index is 12.4. The summed E-state index contributed by atoms with van der Waals surface area (Å²) in [5.74, 6) is 0.595. The summed E-state index contributed by atoms with van der Waals surface area (Å²) < 4.78 is 27.1. The van der Waals surface area contributed by atoms with Gasteiger partial charge in [-0.05, 0) is 38.0 Å². The average Bonchev–Trinajstić information content (AvgIpc) is 3.17. The first-order chi connectivity index (χ1) is 15.8. The highest BCUT2D eigenvalue weighted by Gasteiger charge is 2.24. The van der Waals surface area contributed by atoms with Crippen molar-refractivity contribution in [2.24, 2.45) is 0 Å². The van der Waals surface area contributed by atoms with E-state index in [0.29, 0.717) is 34.0 Å². The first-order valence-electron chi connectivity index (χ1n) is 10.8. The van der Waals surface area contributed by atoms with Crippen molar-refractivity contribution in [3.05, 3.63) is 42.0 Å². The highest BCUT2D eigenvalue weighted by Crippen LogP contribution is 2.35. The third-order valence-corrected chi connectivity index (χ3v) is 6.38. The predicted molar refractivity (Wildman–Crippen MR) is 123 cm³/mol. The molecule has 1 aliphatic rings. The zero-order chi connectivity index (χ0) is 23.2. The minimum atomic E-state index is -3.67. The summed E-state index contributed by atoms with van der Waals surface area (Å²) in [4.78, 5) is 34.9. The predicted octanol–water partition coefficient (Wildman–Crippen LogP) is 2.94. The summed E-state index contributed by atoms with van der Waals surface area (Å²) in [7, 11) is -3.67. The molecule has 1 amide bonds. The van der Waals surface area contributed by atoms with Crippen LogP contribution >= 0.6 is 0 Å². The highest BCUT2D eigenvalue weighted by molar-refractivity contribution is 7.89. The Morgan fingerprint density at radius 1 is 1.03 bits per heavy atom. The summed E-state index contributed by atoms with van der Waals surface area (Å²) in [6, 6.07) is 5.30. The standard InChI is InChI=1S/C22H23N7O3S/c1-13-23-11-17-20(25-13)24-12-18(26-17)21-27-16-10-14(22(30)28-33(2,31)32)8-9-19(16)29(21)15-6-4-3-5-7-15/h8-12,15H,3-7H2,1-2H3,(H,28,30). The second-order valence-corrected chi connectivity index (χ2v) is 10.1. The molecule has 0 aliphatic heterocycles.